The number of nitro groups is 1. The van der Waals surface area contributed by atoms with Gasteiger partial charge in [-0.1, -0.05) is 18.2 Å². The second-order valence-electron chi connectivity index (χ2n) is 4.41. The summed E-state index contributed by atoms with van der Waals surface area (Å²) >= 11 is 0. The van der Waals surface area contributed by atoms with E-state index in [-0.39, 0.29) is 11.4 Å². The van der Waals surface area contributed by atoms with E-state index >= 15 is 0 Å². The van der Waals surface area contributed by atoms with Gasteiger partial charge < -0.3 is 5.11 Å². The topological polar surface area (TPSA) is 67.2 Å². The Hall–Kier alpha value is -2.95. The monoisotopic (exact) mass is 267 g/mol. The van der Waals surface area contributed by atoms with E-state index in [1.54, 1.807) is 22.9 Å². The van der Waals surface area contributed by atoms with Crippen LogP contribution in [0.3, 0.4) is 0 Å². The number of nitrogens with zero attached hydrogens (tertiary/aromatic N) is 2. The van der Waals surface area contributed by atoms with Gasteiger partial charge in [-0.05, 0) is 6.07 Å². The molecule has 2 aromatic carbocycles. The molecule has 0 aliphatic carbocycles. The number of benzene rings is 2. The molecular weight excluding hydrogens is 256 g/mol. The van der Waals surface area contributed by atoms with Gasteiger partial charge in [0.15, 0.2) is 11.9 Å². The van der Waals surface area contributed by atoms with E-state index < -0.39 is 4.92 Å². The van der Waals surface area contributed by atoms with Gasteiger partial charge in [-0.15, -0.1) is 0 Å². The number of fused-ring (bicyclic) bond motifs is 1. The van der Waals surface area contributed by atoms with Crippen molar-refractivity contribution >= 4 is 16.5 Å². The standard InChI is InChI=1S/C15H10N2O3/c18-15-10-16(9-11-3-1-2-4-14(11)15)12-5-7-13(8-6-12)17(19)20/h1-10H/p+1. The van der Waals surface area contributed by atoms with E-state index in [9.17, 15) is 15.2 Å². The second kappa shape index (κ2) is 4.62. The maximum atomic E-state index is 10.6. The van der Waals surface area contributed by atoms with E-state index in [1.165, 1.54) is 12.1 Å². The highest BCUT2D eigenvalue weighted by Gasteiger charge is 2.13. The molecular formula is C15H11N2O3+. The fourth-order valence-electron chi connectivity index (χ4n) is 2.13. The Balaban J connectivity index is 2.12. The summed E-state index contributed by atoms with van der Waals surface area (Å²) in [6.07, 6.45) is 3.46. The maximum absolute atomic E-state index is 10.6. The number of non-ortho nitro benzene ring substituents is 1. The highest BCUT2D eigenvalue weighted by atomic mass is 16.6. The third kappa shape index (κ3) is 2.05. The van der Waals surface area contributed by atoms with E-state index in [0.717, 1.165) is 16.5 Å². The average molecular weight is 267 g/mol. The summed E-state index contributed by atoms with van der Waals surface area (Å²) in [5, 5.41) is 22.3. The first-order valence-corrected chi connectivity index (χ1v) is 6.03. The number of rotatable bonds is 2. The van der Waals surface area contributed by atoms with Gasteiger partial charge >= 0.3 is 0 Å². The molecule has 0 fully saturated rings. The lowest BCUT2D eigenvalue weighted by atomic mass is 10.1. The van der Waals surface area contributed by atoms with Gasteiger partial charge in [0.2, 0.25) is 11.9 Å². The van der Waals surface area contributed by atoms with Gasteiger partial charge in [-0.3, -0.25) is 10.1 Å². The average Bonchev–Trinajstić information content (AvgIpc) is 2.47. The number of hydrogen-bond donors (Lipinski definition) is 1. The van der Waals surface area contributed by atoms with Crippen LogP contribution in [-0.2, 0) is 0 Å². The third-order valence-corrected chi connectivity index (χ3v) is 3.13. The normalized spacial score (nSPS) is 10.6. The highest BCUT2D eigenvalue weighted by molar-refractivity contribution is 5.86. The Morgan fingerprint density at radius 2 is 1.70 bits per heavy atom. The molecule has 0 atom stereocenters. The van der Waals surface area contributed by atoms with Crippen LogP contribution in [0.15, 0.2) is 60.9 Å². The van der Waals surface area contributed by atoms with Crippen LogP contribution >= 0.6 is 0 Å². The van der Waals surface area contributed by atoms with Crippen molar-refractivity contribution in [1.29, 1.82) is 0 Å². The first kappa shape index (κ1) is 12.1. The summed E-state index contributed by atoms with van der Waals surface area (Å²) in [6, 6.07) is 13.7. The zero-order chi connectivity index (χ0) is 14.1. The van der Waals surface area contributed by atoms with Crippen molar-refractivity contribution in [2.45, 2.75) is 0 Å². The molecule has 1 N–H and O–H groups in total. The van der Waals surface area contributed by atoms with Gasteiger partial charge in [0.05, 0.1) is 4.92 Å². The van der Waals surface area contributed by atoms with Gasteiger partial charge in [-0.2, -0.15) is 4.57 Å². The van der Waals surface area contributed by atoms with Gasteiger partial charge in [-0.25, -0.2) is 0 Å². The minimum Gasteiger partial charge on any atom is -0.502 e. The Labute approximate surface area is 114 Å². The predicted octanol–water partition coefficient (Wildman–Crippen LogP) is 2.73. The van der Waals surface area contributed by atoms with E-state index in [0.29, 0.717) is 0 Å². The van der Waals surface area contributed by atoms with Gasteiger partial charge in [0.1, 0.15) is 0 Å². The highest BCUT2D eigenvalue weighted by Crippen LogP contribution is 2.22. The minimum atomic E-state index is -0.438. The van der Waals surface area contributed by atoms with Crippen molar-refractivity contribution in [1.82, 2.24) is 0 Å². The molecule has 0 aliphatic heterocycles. The van der Waals surface area contributed by atoms with E-state index in [4.69, 9.17) is 0 Å². The first-order valence-electron chi connectivity index (χ1n) is 6.03. The van der Waals surface area contributed by atoms with Crippen molar-refractivity contribution in [3.8, 4) is 11.4 Å². The molecule has 3 aromatic rings. The summed E-state index contributed by atoms with van der Waals surface area (Å²) in [5.41, 5.74) is 0.788. The largest absolute Gasteiger partial charge is 0.502 e. The van der Waals surface area contributed by atoms with Crippen molar-refractivity contribution in [3.63, 3.8) is 0 Å². The third-order valence-electron chi connectivity index (χ3n) is 3.13. The zero-order valence-corrected chi connectivity index (χ0v) is 10.4. The number of aromatic nitrogens is 1. The van der Waals surface area contributed by atoms with Crippen LogP contribution in [0.25, 0.3) is 16.5 Å². The molecule has 0 saturated heterocycles. The summed E-state index contributed by atoms with van der Waals surface area (Å²) in [6.45, 7) is 0. The molecule has 1 aromatic heterocycles. The summed E-state index contributed by atoms with van der Waals surface area (Å²) in [4.78, 5) is 10.2. The molecule has 5 heteroatoms. The van der Waals surface area contributed by atoms with E-state index in [2.05, 4.69) is 0 Å². The SMILES string of the molecule is O=[N+]([O-])c1ccc(-[n+]2cc(O)c3ccccc3c2)cc1. The summed E-state index contributed by atoms with van der Waals surface area (Å²) in [5.74, 6) is 0.168. The minimum absolute atomic E-state index is 0.0411. The molecule has 0 amide bonds. The lowest BCUT2D eigenvalue weighted by molar-refractivity contribution is -0.594. The number of hydrogen-bond acceptors (Lipinski definition) is 3. The Morgan fingerprint density at radius 3 is 2.40 bits per heavy atom. The number of aromatic hydroxyl groups is 1. The molecule has 0 spiro atoms. The van der Waals surface area contributed by atoms with Crippen LogP contribution < -0.4 is 4.57 Å². The number of nitro benzene ring substituents is 1. The summed E-state index contributed by atoms with van der Waals surface area (Å²) < 4.78 is 1.74. The van der Waals surface area contributed by atoms with Crippen LogP contribution in [-0.4, -0.2) is 10.0 Å². The second-order valence-corrected chi connectivity index (χ2v) is 4.41. The molecule has 0 bridgehead atoms. The first-order chi connectivity index (χ1) is 9.65. The molecule has 98 valence electrons. The predicted molar refractivity (Wildman–Crippen MR) is 73.8 cm³/mol. The van der Waals surface area contributed by atoms with Crippen LogP contribution in [0.1, 0.15) is 0 Å². The fraction of sp³-hybridized carbons (Fsp3) is 0. The molecule has 3 rings (SSSR count). The van der Waals surface area contributed by atoms with Crippen LogP contribution in [0.4, 0.5) is 5.69 Å². The van der Waals surface area contributed by atoms with E-state index in [1.807, 2.05) is 30.5 Å². The molecule has 0 radical (unpaired) electrons. The quantitative estimate of drug-likeness (QED) is 0.441. The Morgan fingerprint density at radius 1 is 1.00 bits per heavy atom. The zero-order valence-electron chi connectivity index (χ0n) is 10.4. The van der Waals surface area contributed by atoms with Crippen molar-refractivity contribution in [3.05, 3.63) is 71.0 Å². The van der Waals surface area contributed by atoms with Gasteiger partial charge in [0.25, 0.3) is 5.69 Å². The fourth-order valence-corrected chi connectivity index (χ4v) is 2.13. The van der Waals surface area contributed by atoms with Crippen LogP contribution in [0, 0.1) is 10.1 Å². The molecule has 0 saturated carbocycles. The molecule has 1 heterocycles. The van der Waals surface area contributed by atoms with Crippen molar-refractivity contribution in [2.75, 3.05) is 0 Å². The number of pyridine rings is 1. The molecule has 0 unspecified atom stereocenters. The summed E-state index contributed by atoms with van der Waals surface area (Å²) in [7, 11) is 0. The van der Waals surface area contributed by atoms with Crippen LogP contribution in [0.2, 0.25) is 0 Å². The van der Waals surface area contributed by atoms with Crippen LogP contribution in [0.5, 0.6) is 5.75 Å². The van der Waals surface area contributed by atoms with Crippen molar-refractivity contribution in [2.24, 2.45) is 0 Å². The Bertz CT molecular complexity index is 798. The lowest BCUT2D eigenvalue weighted by Gasteiger charge is -2.01. The van der Waals surface area contributed by atoms with Crippen molar-refractivity contribution < 1.29 is 14.6 Å². The van der Waals surface area contributed by atoms with Gasteiger partial charge in [0, 0.05) is 35.0 Å². The lowest BCUT2D eigenvalue weighted by Crippen LogP contribution is -2.29. The molecule has 0 aliphatic rings. The molecule has 20 heavy (non-hydrogen) atoms. The molecule has 5 nitrogen and oxygen atoms in total. The smallest absolute Gasteiger partial charge is 0.269 e. The maximum Gasteiger partial charge on any atom is 0.269 e. The Kier molecular flexibility index (Phi) is 2.80.